The minimum absolute atomic E-state index is 0.355. The zero-order valence-corrected chi connectivity index (χ0v) is 15.4. The summed E-state index contributed by atoms with van der Waals surface area (Å²) in [5.74, 6) is 0. The van der Waals surface area contributed by atoms with Crippen molar-refractivity contribution in [2.45, 2.75) is 38.8 Å². The number of sulfonamides is 1. The minimum Gasteiger partial charge on any atom is -0.309 e. The number of rotatable bonds is 8. The molecular formula is C19H26N2O2S. The Kier molecular flexibility index (Phi) is 6.54. The Hall–Kier alpha value is -1.69. The minimum atomic E-state index is -3.37. The summed E-state index contributed by atoms with van der Waals surface area (Å²) >= 11 is 0. The Labute approximate surface area is 145 Å². The molecule has 0 spiro atoms. The lowest BCUT2D eigenvalue weighted by Crippen LogP contribution is -2.30. The standard InChI is InChI=1S/C19H26N2O2S/c1-4-21(5-2)24(22,23)19-11-9-17(10-12-19)14-20-15-18-8-6-7-16(3)13-18/h6-13,20H,4-5,14-15H2,1-3H3. The molecule has 2 aromatic carbocycles. The summed E-state index contributed by atoms with van der Waals surface area (Å²) in [6.45, 7) is 8.26. The summed E-state index contributed by atoms with van der Waals surface area (Å²) < 4.78 is 26.4. The number of hydrogen-bond acceptors (Lipinski definition) is 3. The fourth-order valence-corrected chi connectivity index (χ4v) is 4.12. The van der Waals surface area contributed by atoms with Gasteiger partial charge in [-0.3, -0.25) is 0 Å². The molecule has 0 radical (unpaired) electrons. The van der Waals surface area contributed by atoms with Crippen molar-refractivity contribution in [3.63, 3.8) is 0 Å². The Morgan fingerprint density at radius 2 is 1.54 bits per heavy atom. The third kappa shape index (κ3) is 4.66. The molecule has 0 saturated heterocycles. The highest BCUT2D eigenvalue weighted by atomic mass is 32.2. The second-order valence-electron chi connectivity index (χ2n) is 5.83. The van der Waals surface area contributed by atoms with Gasteiger partial charge in [0.05, 0.1) is 4.90 Å². The fraction of sp³-hybridized carbons (Fsp3) is 0.368. The van der Waals surface area contributed by atoms with Gasteiger partial charge < -0.3 is 5.32 Å². The monoisotopic (exact) mass is 346 g/mol. The van der Waals surface area contributed by atoms with Crippen LogP contribution in [0.15, 0.2) is 53.4 Å². The van der Waals surface area contributed by atoms with Crippen LogP contribution >= 0.6 is 0 Å². The molecule has 1 N–H and O–H groups in total. The highest BCUT2D eigenvalue weighted by Crippen LogP contribution is 2.16. The van der Waals surface area contributed by atoms with Crippen molar-refractivity contribution < 1.29 is 8.42 Å². The molecule has 0 saturated carbocycles. The maximum atomic E-state index is 12.4. The van der Waals surface area contributed by atoms with E-state index >= 15 is 0 Å². The van der Waals surface area contributed by atoms with Crippen LogP contribution in [-0.4, -0.2) is 25.8 Å². The Morgan fingerprint density at radius 3 is 2.12 bits per heavy atom. The number of benzene rings is 2. The quantitative estimate of drug-likeness (QED) is 0.798. The number of aryl methyl sites for hydroxylation is 1. The van der Waals surface area contributed by atoms with Crippen LogP contribution in [0.5, 0.6) is 0 Å². The van der Waals surface area contributed by atoms with E-state index in [1.807, 2.05) is 26.0 Å². The summed E-state index contributed by atoms with van der Waals surface area (Å²) in [6, 6.07) is 15.5. The third-order valence-corrected chi connectivity index (χ3v) is 6.07. The Bertz CT molecular complexity index is 751. The molecule has 0 amide bonds. The van der Waals surface area contributed by atoms with E-state index in [2.05, 4.69) is 36.5 Å². The van der Waals surface area contributed by atoms with Gasteiger partial charge in [0.15, 0.2) is 0 Å². The lowest BCUT2D eigenvalue weighted by molar-refractivity contribution is 0.445. The lowest BCUT2D eigenvalue weighted by atomic mass is 10.1. The molecule has 0 fully saturated rings. The average Bonchev–Trinajstić information content (AvgIpc) is 2.56. The zero-order valence-electron chi connectivity index (χ0n) is 14.6. The van der Waals surface area contributed by atoms with Gasteiger partial charge in [0.25, 0.3) is 0 Å². The van der Waals surface area contributed by atoms with Crippen LogP contribution in [0.4, 0.5) is 0 Å². The third-order valence-electron chi connectivity index (χ3n) is 4.01. The van der Waals surface area contributed by atoms with E-state index in [4.69, 9.17) is 0 Å². The van der Waals surface area contributed by atoms with Crippen LogP contribution in [0.1, 0.15) is 30.5 Å². The van der Waals surface area contributed by atoms with Crippen molar-refractivity contribution in [1.29, 1.82) is 0 Å². The van der Waals surface area contributed by atoms with E-state index in [-0.39, 0.29) is 0 Å². The molecule has 2 aromatic rings. The second kappa shape index (κ2) is 8.42. The van der Waals surface area contributed by atoms with Gasteiger partial charge in [-0.15, -0.1) is 0 Å². The average molecular weight is 346 g/mol. The molecule has 0 heterocycles. The molecule has 0 aromatic heterocycles. The topological polar surface area (TPSA) is 49.4 Å². The first kappa shape index (κ1) is 18.6. The second-order valence-corrected chi connectivity index (χ2v) is 7.76. The number of nitrogens with zero attached hydrogens (tertiary/aromatic N) is 1. The van der Waals surface area contributed by atoms with E-state index in [9.17, 15) is 8.42 Å². The van der Waals surface area contributed by atoms with E-state index in [0.29, 0.717) is 24.5 Å². The molecular weight excluding hydrogens is 320 g/mol. The normalized spacial score (nSPS) is 11.8. The van der Waals surface area contributed by atoms with Crippen LogP contribution in [0.3, 0.4) is 0 Å². The molecule has 130 valence electrons. The van der Waals surface area contributed by atoms with Crippen molar-refractivity contribution in [2.24, 2.45) is 0 Å². The van der Waals surface area contributed by atoms with Crippen LogP contribution < -0.4 is 5.32 Å². The molecule has 0 aliphatic heterocycles. The van der Waals surface area contributed by atoms with Gasteiger partial charge in [-0.25, -0.2) is 8.42 Å². The van der Waals surface area contributed by atoms with Crippen LogP contribution in [0, 0.1) is 6.92 Å². The predicted molar refractivity (Wildman–Crippen MR) is 98.3 cm³/mol. The summed E-state index contributed by atoms with van der Waals surface area (Å²) in [5.41, 5.74) is 3.57. The highest BCUT2D eigenvalue weighted by molar-refractivity contribution is 7.89. The van der Waals surface area contributed by atoms with Crippen molar-refractivity contribution in [3.8, 4) is 0 Å². The van der Waals surface area contributed by atoms with Crippen LogP contribution in [0.25, 0.3) is 0 Å². The first-order valence-electron chi connectivity index (χ1n) is 8.32. The first-order valence-corrected chi connectivity index (χ1v) is 9.76. The van der Waals surface area contributed by atoms with E-state index < -0.39 is 10.0 Å². The molecule has 0 unspecified atom stereocenters. The molecule has 24 heavy (non-hydrogen) atoms. The molecule has 0 aliphatic carbocycles. The molecule has 0 atom stereocenters. The first-order chi connectivity index (χ1) is 11.5. The van der Waals surface area contributed by atoms with E-state index in [0.717, 1.165) is 12.1 Å². The SMILES string of the molecule is CCN(CC)S(=O)(=O)c1ccc(CNCc2cccc(C)c2)cc1. The van der Waals surface area contributed by atoms with Gasteiger partial charge >= 0.3 is 0 Å². The fourth-order valence-electron chi connectivity index (χ4n) is 2.67. The smallest absolute Gasteiger partial charge is 0.243 e. The molecule has 4 nitrogen and oxygen atoms in total. The van der Waals surface area contributed by atoms with Crippen molar-refractivity contribution in [3.05, 3.63) is 65.2 Å². The van der Waals surface area contributed by atoms with Crippen molar-refractivity contribution in [1.82, 2.24) is 9.62 Å². The molecule has 5 heteroatoms. The Morgan fingerprint density at radius 1 is 0.917 bits per heavy atom. The lowest BCUT2D eigenvalue weighted by Gasteiger charge is -2.18. The molecule has 0 aliphatic rings. The maximum Gasteiger partial charge on any atom is 0.243 e. The zero-order chi connectivity index (χ0) is 17.6. The van der Waals surface area contributed by atoms with E-state index in [1.165, 1.54) is 15.4 Å². The van der Waals surface area contributed by atoms with Gasteiger partial charge in [-0.2, -0.15) is 4.31 Å². The molecule has 2 rings (SSSR count). The summed E-state index contributed by atoms with van der Waals surface area (Å²) in [4.78, 5) is 0.355. The maximum absolute atomic E-state index is 12.4. The Balaban J connectivity index is 1.97. The van der Waals surface area contributed by atoms with Crippen LogP contribution in [-0.2, 0) is 23.1 Å². The van der Waals surface area contributed by atoms with Gasteiger partial charge in [-0.05, 0) is 30.2 Å². The molecule has 0 bridgehead atoms. The number of nitrogens with one attached hydrogen (secondary N) is 1. The summed E-state index contributed by atoms with van der Waals surface area (Å²) in [7, 11) is -3.37. The summed E-state index contributed by atoms with van der Waals surface area (Å²) in [6.07, 6.45) is 0. The van der Waals surface area contributed by atoms with Gasteiger partial charge in [0.1, 0.15) is 0 Å². The van der Waals surface area contributed by atoms with Gasteiger partial charge in [-0.1, -0.05) is 55.8 Å². The highest BCUT2D eigenvalue weighted by Gasteiger charge is 2.20. The van der Waals surface area contributed by atoms with E-state index in [1.54, 1.807) is 12.1 Å². The number of hydrogen-bond donors (Lipinski definition) is 1. The summed E-state index contributed by atoms with van der Waals surface area (Å²) in [5, 5.41) is 3.39. The van der Waals surface area contributed by atoms with Crippen molar-refractivity contribution in [2.75, 3.05) is 13.1 Å². The van der Waals surface area contributed by atoms with Gasteiger partial charge in [0.2, 0.25) is 10.0 Å². The van der Waals surface area contributed by atoms with Crippen LogP contribution in [0.2, 0.25) is 0 Å². The van der Waals surface area contributed by atoms with Crippen molar-refractivity contribution >= 4 is 10.0 Å². The van der Waals surface area contributed by atoms with Gasteiger partial charge in [0, 0.05) is 26.2 Å². The largest absolute Gasteiger partial charge is 0.309 e. The predicted octanol–water partition coefficient (Wildman–Crippen LogP) is 3.32.